The smallest absolute Gasteiger partial charge is 0.407 e. The predicted octanol–water partition coefficient (Wildman–Crippen LogP) is 3.11. The van der Waals surface area contributed by atoms with Crippen LogP contribution in [0.5, 0.6) is 0 Å². The van der Waals surface area contributed by atoms with Gasteiger partial charge in [0.2, 0.25) is 5.91 Å². The highest BCUT2D eigenvalue weighted by atomic mass is 35.5. The quantitative estimate of drug-likeness (QED) is 0.481. The Kier molecular flexibility index (Phi) is 7.22. The molecule has 3 rings (SSSR count). The van der Waals surface area contributed by atoms with Crippen LogP contribution in [0, 0.1) is 0 Å². The molecule has 0 radical (unpaired) electrons. The number of carbonyl (C=O) groups is 4. The fourth-order valence-corrected chi connectivity index (χ4v) is 3.79. The number of carboxylic acid groups (broad SMARTS) is 2. The van der Waals surface area contributed by atoms with Crippen LogP contribution in [-0.4, -0.2) is 57.6 Å². The molecule has 2 aromatic carbocycles. The molecule has 0 saturated carbocycles. The molecule has 32 heavy (non-hydrogen) atoms. The Bertz CT molecular complexity index is 1040. The topological polar surface area (TPSA) is 136 Å². The first-order valence-corrected chi connectivity index (χ1v) is 10.3. The Morgan fingerprint density at radius 3 is 2.16 bits per heavy atom. The van der Waals surface area contributed by atoms with Crippen molar-refractivity contribution in [3.63, 3.8) is 0 Å². The van der Waals surface area contributed by atoms with Crippen molar-refractivity contribution in [3.8, 4) is 0 Å². The highest BCUT2D eigenvalue weighted by molar-refractivity contribution is 6.40. The van der Waals surface area contributed by atoms with E-state index in [-0.39, 0.29) is 28.6 Å². The average Bonchev–Trinajstić information content (AvgIpc) is 2.67. The van der Waals surface area contributed by atoms with Gasteiger partial charge < -0.3 is 20.8 Å². The Balaban J connectivity index is 1.63. The van der Waals surface area contributed by atoms with Gasteiger partial charge in [-0.3, -0.25) is 14.5 Å². The molecule has 1 aliphatic heterocycles. The lowest BCUT2D eigenvalue weighted by atomic mass is 10.0. The zero-order chi connectivity index (χ0) is 23.4. The highest BCUT2D eigenvalue weighted by Crippen LogP contribution is 2.25. The summed E-state index contributed by atoms with van der Waals surface area (Å²) in [5.74, 6) is -2.38. The number of aliphatic carboxylic acids is 1. The Labute approximate surface area is 192 Å². The van der Waals surface area contributed by atoms with Crippen molar-refractivity contribution >= 4 is 52.8 Å². The normalized spacial score (nSPS) is 15.9. The van der Waals surface area contributed by atoms with Gasteiger partial charge in [0, 0.05) is 18.7 Å². The number of nitrogens with one attached hydrogen (secondary N) is 2. The van der Waals surface area contributed by atoms with Gasteiger partial charge in [0.25, 0.3) is 5.91 Å². The first-order chi connectivity index (χ1) is 15.2. The Morgan fingerprint density at radius 2 is 1.66 bits per heavy atom. The summed E-state index contributed by atoms with van der Waals surface area (Å²) in [6.45, 7) is 0.234. The van der Waals surface area contributed by atoms with E-state index >= 15 is 0 Å². The number of hydrogen-bond donors (Lipinski definition) is 4. The molecule has 1 saturated heterocycles. The minimum absolute atomic E-state index is 0.0224. The van der Waals surface area contributed by atoms with Crippen molar-refractivity contribution in [1.29, 1.82) is 0 Å². The van der Waals surface area contributed by atoms with Gasteiger partial charge in [-0.15, -0.1) is 0 Å². The first kappa shape index (κ1) is 23.4. The van der Waals surface area contributed by atoms with Crippen molar-refractivity contribution in [2.24, 2.45) is 0 Å². The van der Waals surface area contributed by atoms with Crippen molar-refractivity contribution in [1.82, 2.24) is 10.2 Å². The van der Waals surface area contributed by atoms with E-state index in [2.05, 4.69) is 10.6 Å². The summed E-state index contributed by atoms with van der Waals surface area (Å²) in [6.07, 6.45) is -0.904. The third-order valence-electron chi connectivity index (χ3n) is 5.02. The van der Waals surface area contributed by atoms with Crippen molar-refractivity contribution in [2.75, 3.05) is 11.9 Å². The van der Waals surface area contributed by atoms with Gasteiger partial charge in [-0.05, 0) is 36.2 Å². The van der Waals surface area contributed by atoms with Gasteiger partial charge in [0.1, 0.15) is 12.1 Å². The molecule has 0 aliphatic carbocycles. The zero-order valence-corrected chi connectivity index (χ0v) is 18.1. The number of benzene rings is 2. The van der Waals surface area contributed by atoms with Crippen LogP contribution in [0.3, 0.4) is 0 Å². The summed E-state index contributed by atoms with van der Waals surface area (Å²) in [5.41, 5.74) is 1.17. The summed E-state index contributed by atoms with van der Waals surface area (Å²) in [5, 5.41) is 23.9. The summed E-state index contributed by atoms with van der Waals surface area (Å²) in [4.78, 5) is 48.3. The molecule has 11 heteroatoms. The van der Waals surface area contributed by atoms with Crippen LogP contribution in [0.15, 0.2) is 42.5 Å². The molecule has 4 N–H and O–H groups in total. The number of rotatable bonds is 7. The number of halogens is 2. The summed E-state index contributed by atoms with van der Waals surface area (Å²) < 4.78 is 0. The molecule has 3 amide bonds. The highest BCUT2D eigenvalue weighted by Gasteiger charge is 2.39. The molecule has 168 valence electrons. The molecule has 1 heterocycles. The number of amides is 3. The second kappa shape index (κ2) is 9.88. The van der Waals surface area contributed by atoms with Crippen molar-refractivity contribution in [3.05, 3.63) is 63.6 Å². The average molecular weight is 480 g/mol. The van der Waals surface area contributed by atoms with E-state index in [9.17, 15) is 24.3 Å². The lowest BCUT2D eigenvalue weighted by molar-refractivity contribution is -0.143. The maximum Gasteiger partial charge on any atom is 0.407 e. The van der Waals surface area contributed by atoms with Crippen LogP contribution < -0.4 is 10.6 Å². The molecule has 1 unspecified atom stereocenters. The van der Waals surface area contributed by atoms with Crippen LogP contribution >= 0.6 is 23.2 Å². The lowest BCUT2D eigenvalue weighted by Crippen LogP contribution is -2.60. The third kappa shape index (κ3) is 5.30. The number of carboxylic acids is 1. The minimum Gasteiger partial charge on any atom is -0.480 e. The largest absolute Gasteiger partial charge is 0.480 e. The van der Waals surface area contributed by atoms with Crippen LogP contribution in [0.4, 0.5) is 10.5 Å². The second-order valence-corrected chi connectivity index (χ2v) is 7.95. The molecule has 1 fully saturated rings. The number of hydrogen-bond acceptors (Lipinski definition) is 4. The lowest BCUT2D eigenvalue weighted by Gasteiger charge is -2.37. The summed E-state index contributed by atoms with van der Waals surface area (Å²) in [7, 11) is 0. The predicted molar refractivity (Wildman–Crippen MR) is 117 cm³/mol. The van der Waals surface area contributed by atoms with E-state index in [1.807, 2.05) is 0 Å². The third-order valence-corrected chi connectivity index (χ3v) is 5.65. The standard InChI is InChI=1S/C21H19Cl2N3O6/c22-13-2-1-3-14(23)17(13)19(28)24-12-6-4-11(5-7-12)10-15(20(29)30)25-18(27)16-8-9-26(16)21(31)32/h1-7,15-16H,8-10H2,(H,24,28)(H,25,27)(H,29,30)(H,31,32)/t15?,16-/m0/s1. The van der Waals surface area contributed by atoms with E-state index in [0.29, 0.717) is 17.7 Å². The molecule has 2 aromatic rings. The Morgan fingerprint density at radius 1 is 1.03 bits per heavy atom. The van der Waals surface area contributed by atoms with Crippen molar-refractivity contribution in [2.45, 2.75) is 24.9 Å². The van der Waals surface area contributed by atoms with Crippen LogP contribution in [0.2, 0.25) is 10.0 Å². The van der Waals surface area contributed by atoms with E-state index in [1.54, 1.807) is 42.5 Å². The fourth-order valence-electron chi connectivity index (χ4n) is 3.23. The Hall–Kier alpha value is -3.30. The van der Waals surface area contributed by atoms with Gasteiger partial charge >= 0.3 is 12.1 Å². The van der Waals surface area contributed by atoms with Gasteiger partial charge in [-0.1, -0.05) is 41.4 Å². The van der Waals surface area contributed by atoms with Crippen LogP contribution in [-0.2, 0) is 16.0 Å². The van der Waals surface area contributed by atoms with Gasteiger partial charge in [-0.2, -0.15) is 0 Å². The van der Waals surface area contributed by atoms with Gasteiger partial charge in [0.05, 0.1) is 15.6 Å². The molecule has 1 aliphatic rings. The van der Waals surface area contributed by atoms with Crippen molar-refractivity contribution < 1.29 is 29.4 Å². The molecule has 0 aromatic heterocycles. The number of nitrogens with zero attached hydrogens (tertiary/aromatic N) is 1. The monoisotopic (exact) mass is 479 g/mol. The van der Waals surface area contributed by atoms with E-state index in [4.69, 9.17) is 28.3 Å². The molecular weight excluding hydrogens is 461 g/mol. The van der Waals surface area contributed by atoms with Gasteiger partial charge in [-0.25, -0.2) is 9.59 Å². The van der Waals surface area contributed by atoms with Crippen LogP contribution in [0.25, 0.3) is 0 Å². The van der Waals surface area contributed by atoms with Gasteiger partial charge in [0.15, 0.2) is 0 Å². The molecule has 0 bridgehead atoms. The number of likely N-dealkylation sites (tertiary alicyclic amines) is 1. The first-order valence-electron chi connectivity index (χ1n) is 9.54. The zero-order valence-electron chi connectivity index (χ0n) is 16.5. The van der Waals surface area contributed by atoms with E-state index in [0.717, 1.165) is 4.90 Å². The molecule has 9 nitrogen and oxygen atoms in total. The summed E-state index contributed by atoms with van der Waals surface area (Å²) >= 11 is 12.1. The maximum atomic E-state index is 12.5. The van der Waals surface area contributed by atoms with E-state index in [1.165, 1.54) is 0 Å². The minimum atomic E-state index is -1.25. The fraction of sp³-hybridized carbons (Fsp3) is 0.238. The van der Waals surface area contributed by atoms with E-state index < -0.39 is 36.0 Å². The summed E-state index contributed by atoms with van der Waals surface area (Å²) in [6, 6.07) is 8.98. The van der Waals surface area contributed by atoms with Crippen LogP contribution in [0.1, 0.15) is 22.3 Å². The number of carbonyl (C=O) groups excluding carboxylic acids is 2. The molecule has 2 atom stereocenters. The maximum absolute atomic E-state index is 12.5. The molecular formula is C21H19Cl2N3O6. The SMILES string of the molecule is O=C(Nc1ccc(CC(NC(=O)[C@@H]2CCN2C(=O)O)C(=O)O)cc1)c1c(Cl)cccc1Cl. The molecule has 0 spiro atoms. The number of anilines is 1. The second-order valence-electron chi connectivity index (χ2n) is 7.13.